The van der Waals surface area contributed by atoms with E-state index in [1.165, 1.54) is 23.5 Å². The van der Waals surface area contributed by atoms with Gasteiger partial charge in [0.05, 0.1) is 26.8 Å². The Bertz CT molecular complexity index is 1120. The minimum Gasteiger partial charge on any atom is -0.315 e. The van der Waals surface area contributed by atoms with Crippen LogP contribution in [0.4, 0.5) is 5.69 Å². The molecule has 0 bridgehead atoms. The van der Waals surface area contributed by atoms with Gasteiger partial charge in [-0.15, -0.1) is 0 Å². The van der Waals surface area contributed by atoms with Crippen LogP contribution in [0.2, 0.25) is 0 Å². The van der Waals surface area contributed by atoms with E-state index in [1.54, 1.807) is 42.1 Å². The van der Waals surface area contributed by atoms with E-state index in [9.17, 15) is 14.9 Å². The van der Waals surface area contributed by atoms with Crippen LogP contribution in [0.3, 0.4) is 0 Å². The molecule has 0 atom stereocenters. The van der Waals surface area contributed by atoms with Gasteiger partial charge in [0.25, 0.3) is 11.6 Å². The van der Waals surface area contributed by atoms with Crippen LogP contribution in [0.15, 0.2) is 47.5 Å². The first-order chi connectivity index (χ1) is 13.0. The van der Waals surface area contributed by atoms with E-state index in [-0.39, 0.29) is 5.69 Å². The van der Waals surface area contributed by atoms with Crippen LogP contribution in [0.1, 0.15) is 15.9 Å². The van der Waals surface area contributed by atoms with Crippen molar-refractivity contribution in [2.75, 3.05) is 12.0 Å². The van der Waals surface area contributed by atoms with E-state index in [0.29, 0.717) is 27.2 Å². The lowest BCUT2D eigenvalue weighted by Gasteiger charge is -2.03. The molecule has 0 aliphatic heterocycles. The molecule has 0 saturated carbocycles. The molecular weight excluding hydrogens is 384 g/mol. The highest BCUT2D eigenvalue weighted by Gasteiger charge is 2.13. The molecule has 1 amide bonds. The number of hydrogen-bond acceptors (Lipinski definition) is 6. The zero-order valence-electron chi connectivity index (χ0n) is 14.3. The largest absolute Gasteiger partial charge is 0.315 e. The van der Waals surface area contributed by atoms with Gasteiger partial charge < -0.3 is 4.57 Å². The van der Waals surface area contributed by atoms with E-state index >= 15 is 0 Å². The highest BCUT2D eigenvalue weighted by Crippen LogP contribution is 2.23. The average Bonchev–Trinajstić information content (AvgIpc) is 3.02. The van der Waals surface area contributed by atoms with Crippen molar-refractivity contribution in [1.29, 1.82) is 5.26 Å². The molecule has 0 fully saturated rings. The standard InChI is InChI=1S/C18H14N4O3S2/c1-26-9-8-21-15-7-6-14(22(24)25)10-16(15)27-18(21)20-17(23)13-4-2-12(11-19)3-5-13/h2-7,10H,8-9H2,1H3. The molecular formula is C18H14N4O3S2. The van der Waals surface area contributed by atoms with Crippen molar-refractivity contribution in [2.24, 2.45) is 4.99 Å². The third-order valence-electron chi connectivity index (χ3n) is 3.85. The zero-order valence-corrected chi connectivity index (χ0v) is 15.9. The lowest BCUT2D eigenvalue weighted by Crippen LogP contribution is -2.18. The third kappa shape index (κ3) is 4.07. The summed E-state index contributed by atoms with van der Waals surface area (Å²) >= 11 is 2.91. The van der Waals surface area contributed by atoms with Crippen LogP contribution in [0.25, 0.3) is 10.2 Å². The quantitative estimate of drug-likeness (QED) is 0.483. The average molecular weight is 398 g/mol. The molecule has 0 aliphatic rings. The second-order valence-electron chi connectivity index (χ2n) is 5.54. The first kappa shape index (κ1) is 18.8. The molecule has 3 aromatic rings. The SMILES string of the molecule is CSCCn1c(=NC(=O)c2ccc(C#N)cc2)sc2cc([N+](=O)[O-])ccc21. The molecule has 0 spiro atoms. The number of benzene rings is 2. The number of rotatable bonds is 5. The van der Waals surface area contributed by atoms with Crippen molar-refractivity contribution in [3.8, 4) is 6.07 Å². The van der Waals surface area contributed by atoms with Crippen molar-refractivity contribution in [1.82, 2.24) is 4.57 Å². The lowest BCUT2D eigenvalue weighted by molar-refractivity contribution is -0.384. The summed E-state index contributed by atoms with van der Waals surface area (Å²) in [6.45, 7) is 0.637. The second-order valence-corrected chi connectivity index (χ2v) is 7.54. The summed E-state index contributed by atoms with van der Waals surface area (Å²) in [7, 11) is 0. The number of non-ortho nitro benzene ring substituents is 1. The van der Waals surface area contributed by atoms with E-state index < -0.39 is 10.8 Å². The Morgan fingerprint density at radius 3 is 2.70 bits per heavy atom. The van der Waals surface area contributed by atoms with Crippen LogP contribution in [0, 0.1) is 21.4 Å². The summed E-state index contributed by atoms with van der Waals surface area (Å²) in [4.78, 5) is 27.8. The number of thiazole rings is 1. The fourth-order valence-electron chi connectivity index (χ4n) is 2.50. The highest BCUT2D eigenvalue weighted by molar-refractivity contribution is 7.98. The normalized spacial score (nSPS) is 11.5. The van der Waals surface area contributed by atoms with Gasteiger partial charge in [-0.1, -0.05) is 11.3 Å². The number of amides is 1. The fourth-order valence-corrected chi connectivity index (χ4v) is 3.95. The molecule has 27 heavy (non-hydrogen) atoms. The molecule has 3 rings (SSSR count). The van der Waals surface area contributed by atoms with Crippen LogP contribution in [-0.2, 0) is 6.54 Å². The molecule has 1 aromatic heterocycles. The Kier molecular flexibility index (Phi) is 5.69. The topological polar surface area (TPSA) is 101 Å². The van der Waals surface area contributed by atoms with Crippen LogP contribution >= 0.6 is 23.1 Å². The van der Waals surface area contributed by atoms with E-state index in [2.05, 4.69) is 4.99 Å². The van der Waals surface area contributed by atoms with Gasteiger partial charge in [-0.25, -0.2) is 0 Å². The Hall–Kier alpha value is -2.96. The van der Waals surface area contributed by atoms with Crippen LogP contribution in [0.5, 0.6) is 0 Å². The summed E-state index contributed by atoms with van der Waals surface area (Å²) in [6.07, 6.45) is 1.98. The van der Waals surface area contributed by atoms with Gasteiger partial charge in [0, 0.05) is 30.0 Å². The number of fused-ring (bicyclic) bond motifs is 1. The second kappa shape index (κ2) is 8.16. The molecule has 2 aromatic carbocycles. The first-order valence-electron chi connectivity index (χ1n) is 7.89. The molecule has 136 valence electrons. The number of aryl methyl sites for hydroxylation is 1. The molecule has 0 saturated heterocycles. The Labute approximate surface area is 162 Å². The Morgan fingerprint density at radius 2 is 2.07 bits per heavy atom. The van der Waals surface area contributed by atoms with Crippen molar-refractivity contribution >= 4 is 44.9 Å². The smallest absolute Gasteiger partial charge is 0.279 e. The van der Waals surface area contributed by atoms with Gasteiger partial charge in [-0.2, -0.15) is 22.0 Å². The van der Waals surface area contributed by atoms with Crippen molar-refractivity contribution in [3.05, 3.63) is 68.5 Å². The lowest BCUT2D eigenvalue weighted by atomic mass is 10.1. The van der Waals surface area contributed by atoms with E-state index in [1.807, 2.05) is 16.9 Å². The van der Waals surface area contributed by atoms with Crippen molar-refractivity contribution < 1.29 is 9.72 Å². The number of nitriles is 1. The highest BCUT2D eigenvalue weighted by atomic mass is 32.2. The summed E-state index contributed by atoms with van der Waals surface area (Å²) in [6, 6.07) is 12.9. The van der Waals surface area contributed by atoms with Gasteiger partial charge in [0.1, 0.15) is 0 Å². The predicted octanol–water partition coefficient (Wildman–Crippen LogP) is 3.59. The van der Waals surface area contributed by atoms with Crippen molar-refractivity contribution in [2.45, 2.75) is 6.54 Å². The maximum absolute atomic E-state index is 12.5. The molecule has 0 radical (unpaired) electrons. The maximum atomic E-state index is 12.5. The Balaban J connectivity index is 2.09. The van der Waals surface area contributed by atoms with E-state index in [4.69, 9.17) is 5.26 Å². The van der Waals surface area contributed by atoms with Gasteiger partial charge in [0.2, 0.25) is 0 Å². The summed E-state index contributed by atoms with van der Waals surface area (Å²) in [5.41, 5.74) is 1.67. The number of nitrogens with zero attached hydrogens (tertiary/aromatic N) is 4. The minimum atomic E-state index is -0.440. The molecule has 0 aliphatic carbocycles. The third-order valence-corrected chi connectivity index (χ3v) is 5.49. The molecule has 7 nitrogen and oxygen atoms in total. The number of carbonyl (C=O) groups is 1. The fraction of sp³-hybridized carbons (Fsp3) is 0.167. The summed E-state index contributed by atoms with van der Waals surface area (Å²) < 4.78 is 2.61. The molecule has 9 heteroatoms. The first-order valence-corrected chi connectivity index (χ1v) is 10.1. The Morgan fingerprint density at radius 1 is 1.33 bits per heavy atom. The van der Waals surface area contributed by atoms with Crippen LogP contribution in [-0.4, -0.2) is 27.4 Å². The number of carbonyl (C=O) groups excluding carboxylic acids is 1. The number of thioether (sulfide) groups is 1. The molecule has 1 heterocycles. The summed E-state index contributed by atoms with van der Waals surface area (Å²) in [5, 5.41) is 19.9. The minimum absolute atomic E-state index is 0.00531. The number of hydrogen-bond donors (Lipinski definition) is 0. The number of nitro benzene ring substituents is 1. The van der Waals surface area contributed by atoms with Gasteiger partial charge >= 0.3 is 0 Å². The van der Waals surface area contributed by atoms with Crippen LogP contribution < -0.4 is 4.80 Å². The number of aromatic nitrogens is 1. The predicted molar refractivity (Wildman–Crippen MR) is 106 cm³/mol. The monoisotopic (exact) mass is 398 g/mol. The molecule has 0 unspecified atom stereocenters. The zero-order chi connectivity index (χ0) is 19.4. The summed E-state index contributed by atoms with van der Waals surface area (Å²) in [5.74, 6) is 0.402. The van der Waals surface area contributed by atoms with Gasteiger partial charge in [-0.3, -0.25) is 14.9 Å². The van der Waals surface area contributed by atoms with E-state index in [0.717, 1.165) is 11.3 Å². The number of nitro groups is 1. The van der Waals surface area contributed by atoms with Gasteiger partial charge in [0.15, 0.2) is 4.80 Å². The van der Waals surface area contributed by atoms with Crippen molar-refractivity contribution in [3.63, 3.8) is 0 Å². The maximum Gasteiger partial charge on any atom is 0.279 e. The molecule has 0 N–H and O–H groups in total. The van der Waals surface area contributed by atoms with Gasteiger partial charge in [-0.05, 0) is 36.6 Å².